The van der Waals surface area contributed by atoms with Crippen molar-refractivity contribution in [1.29, 1.82) is 0 Å². The zero-order valence-electron chi connectivity index (χ0n) is 27.9. The van der Waals surface area contributed by atoms with Crippen LogP contribution in [0.1, 0.15) is 181 Å². The van der Waals surface area contributed by atoms with Gasteiger partial charge in [-0.15, -0.1) is 0 Å². The molecule has 0 heterocycles. The van der Waals surface area contributed by atoms with Crippen LogP contribution in [-0.4, -0.2) is 46.1 Å². The predicted octanol–water partition coefficient (Wildman–Crippen LogP) is 9.48. The number of unbranched alkanes of at least 4 members (excludes halogenated alkanes) is 21. The Morgan fingerprint density at radius 2 is 0.952 bits per heavy atom. The Morgan fingerprint density at radius 1 is 0.571 bits per heavy atom. The van der Waals surface area contributed by atoms with Crippen LogP contribution in [0.15, 0.2) is 24.3 Å². The lowest BCUT2D eigenvalue weighted by atomic mass is 10.0. The molecule has 42 heavy (non-hydrogen) atoms. The average Bonchev–Trinajstić information content (AvgIpc) is 2.99. The third-order valence-electron chi connectivity index (χ3n) is 8.35. The van der Waals surface area contributed by atoms with Crippen molar-refractivity contribution in [3.05, 3.63) is 24.3 Å². The zero-order chi connectivity index (χ0) is 30.9. The summed E-state index contributed by atoms with van der Waals surface area (Å²) in [7, 11) is 0. The summed E-state index contributed by atoms with van der Waals surface area (Å²) in [6, 6.07) is -0.709. The summed E-state index contributed by atoms with van der Waals surface area (Å²) in [5.41, 5.74) is 0. The van der Waals surface area contributed by atoms with E-state index in [9.17, 15) is 20.1 Å². The summed E-state index contributed by atoms with van der Waals surface area (Å²) >= 11 is 0. The molecule has 4 N–H and O–H groups in total. The van der Waals surface area contributed by atoms with Gasteiger partial charge in [-0.05, 0) is 38.5 Å². The Labute approximate surface area is 261 Å². The third kappa shape index (κ3) is 27.7. The van der Waals surface area contributed by atoms with Crippen molar-refractivity contribution in [2.45, 2.75) is 199 Å². The minimum absolute atomic E-state index is 0.315. The first-order valence-electron chi connectivity index (χ1n) is 18.2. The largest absolute Gasteiger partial charge is 0.394 e. The van der Waals surface area contributed by atoms with E-state index in [0.29, 0.717) is 12.8 Å². The van der Waals surface area contributed by atoms with Crippen LogP contribution in [0.3, 0.4) is 0 Å². The molecule has 0 aliphatic heterocycles. The maximum absolute atomic E-state index is 12.4. The van der Waals surface area contributed by atoms with Crippen molar-refractivity contribution in [3.63, 3.8) is 0 Å². The molecule has 0 aromatic carbocycles. The monoisotopic (exact) mass is 594 g/mol. The fourth-order valence-corrected chi connectivity index (χ4v) is 5.41. The molecule has 3 unspecified atom stereocenters. The van der Waals surface area contributed by atoms with Crippen molar-refractivity contribution < 1.29 is 20.1 Å². The van der Waals surface area contributed by atoms with Crippen molar-refractivity contribution >= 4 is 5.91 Å². The normalized spacial score (nSPS) is 14.1. The fourth-order valence-electron chi connectivity index (χ4n) is 5.41. The molecule has 0 aliphatic carbocycles. The van der Waals surface area contributed by atoms with Crippen LogP contribution in [0.4, 0.5) is 0 Å². The number of allylic oxidation sites excluding steroid dienone is 4. The van der Waals surface area contributed by atoms with Crippen LogP contribution in [0.2, 0.25) is 0 Å². The van der Waals surface area contributed by atoms with Gasteiger partial charge in [-0.2, -0.15) is 0 Å². The van der Waals surface area contributed by atoms with Gasteiger partial charge >= 0.3 is 0 Å². The van der Waals surface area contributed by atoms with Crippen LogP contribution in [0, 0.1) is 0 Å². The Hall–Kier alpha value is -1.17. The van der Waals surface area contributed by atoms with Gasteiger partial charge in [-0.25, -0.2) is 0 Å². The van der Waals surface area contributed by atoms with Crippen molar-refractivity contribution in [2.24, 2.45) is 0 Å². The second-order valence-corrected chi connectivity index (χ2v) is 12.5. The van der Waals surface area contributed by atoms with Crippen LogP contribution in [-0.2, 0) is 4.79 Å². The van der Waals surface area contributed by atoms with Gasteiger partial charge in [0.05, 0.1) is 18.8 Å². The van der Waals surface area contributed by atoms with Gasteiger partial charge in [0, 0.05) is 0 Å². The molecule has 0 aromatic rings. The second-order valence-electron chi connectivity index (χ2n) is 12.5. The van der Waals surface area contributed by atoms with Gasteiger partial charge in [0.15, 0.2) is 0 Å². The SMILES string of the molecule is CCCCC/C=C\C=C/CCCCCCCCCCCC(O)C(=O)NC(CO)C(O)CCCCCCCCCCCC. The molecule has 0 rings (SSSR count). The molecular weight excluding hydrogens is 522 g/mol. The number of amides is 1. The molecule has 5 nitrogen and oxygen atoms in total. The molecule has 0 saturated heterocycles. The molecular formula is C37H71NO4. The molecule has 1 amide bonds. The molecule has 248 valence electrons. The molecule has 5 heteroatoms. The average molecular weight is 594 g/mol. The summed E-state index contributed by atoms with van der Waals surface area (Å²) in [5, 5.41) is 33.0. The third-order valence-corrected chi connectivity index (χ3v) is 8.35. The molecule has 3 atom stereocenters. The molecule has 0 aromatic heterocycles. The topological polar surface area (TPSA) is 89.8 Å². The predicted molar refractivity (Wildman–Crippen MR) is 181 cm³/mol. The van der Waals surface area contributed by atoms with E-state index < -0.39 is 24.2 Å². The highest BCUT2D eigenvalue weighted by Crippen LogP contribution is 2.15. The summed E-state index contributed by atoms with van der Waals surface area (Å²) in [5.74, 6) is -0.478. The number of rotatable bonds is 32. The summed E-state index contributed by atoms with van der Waals surface area (Å²) in [4.78, 5) is 12.4. The van der Waals surface area contributed by atoms with Crippen LogP contribution in [0.25, 0.3) is 0 Å². The van der Waals surface area contributed by atoms with E-state index in [0.717, 1.165) is 32.1 Å². The Kier molecular flexibility index (Phi) is 31.8. The number of aliphatic hydroxyl groups excluding tert-OH is 3. The van der Waals surface area contributed by atoms with Gasteiger partial charge < -0.3 is 20.6 Å². The van der Waals surface area contributed by atoms with Crippen molar-refractivity contribution in [1.82, 2.24) is 5.32 Å². The van der Waals surface area contributed by atoms with Gasteiger partial charge in [-0.3, -0.25) is 4.79 Å². The maximum atomic E-state index is 12.4. The highest BCUT2D eigenvalue weighted by molar-refractivity contribution is 5.80. The standard InChI is InChI=1S/C37H71NO4/c1-3-5-7-9-11-13-15-16-17-18-19-20-21-22-24-26-28-30-32-36(41)37(42)38-34(33-39)35(40)31-29-27-25-23-14-12-10-8-6-4-2/h11,13,15-16,34-36,39-41H,3-10,12,14,17-33H2,1-2H3,(H,38,42)/b13-11-,16-15-. The molecule has 0 fully saturated rings. The van der Waals surface area contributed by atoms with Gasteiger partial charge in [0.25, 0.3) is 0 Å². The van der Waals surface area contributed by atoms with Crippen molar-refractivity contribution in [3.8, 4) is 0 Å². The smallest absolute Gasteiger partial charge is 0.249 e. The summed E-state index contributed by atoms with van der Waals surface area (Å²) < 4.78 is 0. The van der Waals surface area contributed by atoms with Crippen molar-refractivity contribution in [2.75, 3.05) is 6.61 Å². The molecule has 0 radical (unpaired) electrons. The molecule has 0 saturated carbocycles. The Morgan fingerprint density at radius 3 is 1.43 bits per heavy atom. The first kappa shape index (κ1) is 40.8. The maximum Gasteiger partial charge on any atom is 0.249 e. The molecule has 0 aliphatic rings. The number of carbonyl (C=O) groups is 1. The first-order chi connectivity index (χ1) is 20.6. The number of hydrogen-bond donors (Lipinski definition) is 4. The number of hydrogen-bond acceptors (Lipinski definition) is 4. The van der Waals surface area contributed by atoms with Crippen LogP contribution < -0.4 is 5.32 Å². The van der Waals surface area contributed by atoms with Gasteiger partial charge in [-0.1, -0.05) is 167 Å². The second kappa shape index (κ2) is 32.7. The van der Waals surface area contributed by atoms with Gasteiger partial charge in [0.1, 0.15) is 6.10 Å². The lowest BCUT2D eigenvalue weighted by molar-refractivity contribution is -0.131. The van der Waals surface area contributed by atoms with E-state index in [2.05, 4.69) is 43.5 Å². The molecule has 0 spiro atoms. The van der Waals surface area contributed by atoms with E-state index in [1.165, 1.54) is 122 Å². The van der Waals surface area contributed by atoms with Crippen LogP contribution >= 0.6 is 0 Å². The summed E-state index contributed by atoms with van der Waals surface area (Å²) in [6.45, 7) is 4.17. The van der Waals surface area contributed by atoms with E-state index in [4.69, 9.17) is 0 Å². The van der Waals surface area contributed by atoms with E-state index >= 15 is 0 Å². The number of nitrogens with one attached hydrogen (secondary N) is 1. The van der Waals surface area contributed by atoms with Crippen LogP contribution in [0.5, 0.6) is 0 Å². The lowest BCUT2D eigenvalue weighted by Gasteiger charge is -2.23. The van der Waals surface area contributed by atoms with E-state index in [1.807, 2.05) is 0 Å². The summed E-state index contributed by atoms with van der Waals surface area (Å²) in [6.07, 6.45) is 37.3. The number of aliphatic hydroxyl groups is 3. The highest BCUT2D eigenvalue weighted by atomic mass is 16.3. The first-order valence-corrected chi connectivity index (χ1v) is 18.2. The lowest BCUT2D eigenvalue weighted by Crippen LogP contribution is -2.49. The Bertz CT molecular complexity index is 621. The Balaban J connectivity index is 3.68. The van der Waals surface area contributed by atoms with E-state index in [-0.39, 0.29) is 6.61 Å². The molecule has 0 bridgehead atoms. The number of carbonyl (C=O) groups excluding carboxylic acids is 1. The minimum atomic E-state index is -1.07. The quantitative estimate of drug-likeness (QED) is 0.0462. The van der Waals surface area contributed by atoms with Gasteiger partial charge in [0.2, 0.25) is 5.91 Å². The van der Waals surface area contributed by atoms with E-state index in [1.54, 1.807) is 0 Å². The highest BCUT2D eigenvalue weighted by Gasteiger charge is 2.23. The fraction of sp³-hybridized carbons (Fsp3) is 0.865. The zero-order valence-corrected chi connectivity index (χ0v) is 27.9. The minimum Gasteiger partial charge on any atom is -0.394 e.